The Balaban J connectivity index is 1.43. The standard InChI is InChI=1S/C33H30ClN5O2S/c1-36-31(40)25-14-18-27(19-15-25)39(21-20-28(22-8-4-2-5-9-22)23-10-6-3-7-11-23)33(41)38-32-37-29(30(34)42-32)24-12-16-26(35)17-13-24/h2-19,28H,20-21,35H2,1H3,(H,36,40)(H,37,38,41). The number of halogens is 1. The summed E-state index contributed by atoms with van der Waals surface area (Å²) in [7, 11) is 1.58. The third-order valence-corrected chi connectivity index (χ3v) is 8.11. The molecule has 0 spiro atoms. The van der Waals surface area contributed by atoms with Crippen LogP contribution in [0, 0.1) is 0 Å². The molecule has 0 unspecified atom stereocenters. The summed E-state index contributed by atoms with van der Waals surface area (Å²) in [4.78, 5) is 32.2. The van der Waals surface area contributed by atoms with Crippen molar-refractivity contribution < 1.29 is 9.59 Å². The van der Waals surface area contributed by atoms with Gasteiger partial charge in [-0.2, -0.15) is 0 Å². The van der Waals surface area contributed by atoms with Gasteiger partial charge in [0.2, 0.25) is 0 Å². The highest BCUT2D eigenvalue weighted by atomic mass is 35.5. The van der Waals surface area contributed by atoms with Crippen molar-refractivity contribution >= 4 is 51.4 Å². The lowest BCUT2D eigenvalue weighted by Crippen LogP contribution is -2.36. The zero-order chi connectivity index (χ0) is 29.5. The number of nitrogens with one attached hydrogen (secondary N) is 2. The van der Waals surface area contributed by atoms with Crippen LogP contribution in [0.25, 0.3) is 11.3 Å². The predicted octanol–water partition coefficient (Wildman–Crippen LogP) is 7.67. The second kappa shape index (κ2) is 13.3. The van der Waals surface area contributed by atoms with Crippen LogP contribution in [0.15, 0.2) is 109 Å². The Kier molecular flexibility index (Phi) is 9.16. The average molecular weight is 596 g/mol. The van der Waals surface area contributed by atoms with Crippen molar-refractivity contribution in [3.8, 4) is 11.3 Å². The molecule has 0 aliphatic heterocycles. The van der Waals surface area contributed by atoms with Crippen LogP contribution in [0.4, 0.5) is 21.3 Å². The number of hydrogen-bond acceptors (Lipinski definition) is 5. The molecule has 5 aromatic rings. The van der Waals surface area contributed by atoms with Gasteiger partial charge in [0.1, 0.15) is 10.0 Å². The molecule has 0 saturated heterocycles. The topological polar surface area (TPSA) is 100 Å². The number of benzene rings is 4. The zero-order valence-corrected chi connectivity index (χ0v) is 24.5. The lowest BCUT2D eigenvalue weighted by Gasteiger charge is -2.26. The number of carbonyl (C=O) groups excluding carboxylic acids is 2. The van der Waals surface area contributed by atoms with Crippen molar-refractivity contribution in [2.75, 3.05) is 29.5 Å². The molecule has 0 bridgehead atoms. The van der Waals surface area contributed by atoms with Gasteiger partial charge < -0.3 is 11.1 Å². The number of rotatable bonds is 9. The summed E-state index contributed by atoms with van der Waals surface area (Å²) in [5.41, 5.74) is 11.3. The molecular weight excluding hydrogens is 566 g/mol. The highest BCUT2D eigenvalue weighted by molar-refractivity contribution is 7.20. The monoisotopic (exact) mass is 595 g/mol. The molecule has 0 fully saturated rings. The molecule has 9 heteroatoms. The maximum atomic E-state index is 13.8. The number of nitrogens with zero attached hydrogens (tertiary/aromatic N) is 2. The van der Waals surface area contributed by atoms with Crippen molar-refractivity contribution in [1.29, 1.82) is 0 Å². The van der Waals surface area contributed by atoms with Crippen LogP contribution in [0.1, 0.15) is 33.8 Å². The first-order valence-corrected chi connectivity index (χ1v) is 14.6. The van der Waals surface area contributed by atoms with Gasteiger partial charge in [-0.25, -0.2) is 9.78 Å². The van der Waals surface area contributed by atoms with Gasteiger partial charge >= 0.3 is 6.03 Å². The number of hydrogen-bond donors (Lipinski definition) is 3. The quantitative estimate of drug-likeness (QED) is 0.152. The van der Waals surface area contributed by atoms with E-state index in [0.29, 0.717) is 45.1 Å². The van der Waals surface area contributed by atoms with E-state index in [2.05, 4.69) is 39.9 Å². The van der Waals surface area contributed by atoms with E-state index in [9.17, 15) is 9.59 Å². The third kappa shape index (κ3) is 6.79. The highest BCUT2D eigenvalue weighted by Gasteiger charge is 2.22. The maximum absolute atomic E-state index is 13.8. The lowest BCUT2D eigenvalue weighted by molar-refractivity contribution is 0.0963. The minimum atomic E-state index is -0.350. The van der Waals surface area contributed by atoms with Gasteiger partial charge in [-0.1, -0.05) is 95.7 Å². The maximum Gasteiger partial charge on any atom is 0.328 e. The number of urea groups is 1. The van der Waals surface area contributed by atoms with Gasteiger partial charge in [0.05, 0.1) is 0 Å². The number of amides is 3. The molecule has 212 valence electrons. The van der Waals surface area contributed by atoms with Crippen LogP contribution in [0.5, 0.6) is 0 Å². The predicted molar refractivity (Wildman–Crippen MR) is 173 cm³/mol. The molecule has 0 saturated carbocycles. The minimum absolute atomic E-state index is 0.0688. The first-order chi connectivity index (χ1) is 20.4. The molecule has 0 aliphatic carbocycles. The molecule has 0 radical (unpaired) electrons. The summed E-state index contributed by atoms with van der Waals surface area (Å²) in [6, 6.07) is 34.4. The second-order valence-corrected chi connectivity index (χ2v) is 11.2. The molecule has 3 amide bonds. The van der Waals surface area contributed by atoms with E-state index >= 15 is 0 Å². The number of anilines is 3. The highest BCUT2D eigenvalue weighted by Crippen LogP contribution is 2.36. The average Bonchev–Trinajstić information content (AvgIpc) is 3.39. The number of thiazole rings is 1. The Hall–Kier alpha value is -4.66. The largest absolute Gasteiger partial charge is 0.399 e. The smallest absolute Gasteiger partial charge is 0.328 e. The summed E-state index contributed by atoms with van der Waals surface area (Å²) in [5.74, 6) is -0.127. The Morgan fingerprint density at radius 2 is 1.48 bits per heavy atom. The van der Waals surface area contributed by atoms with Gasteiger partial charge in [0, 0.05) is 42.0 Å². The summed E-state index contributed by atoms with van der Waals surface area (Å²) in [6.45, 7) is 0.406. The van der Waals surface area contributed by atoms with Crippen LogP contribution < -0.4 is 21.3 Å². The van der Waals surface area contributed by atoms with Gasteiger partial charge in [0.15, 0.2) is 5.13 Å². The molecule has 5 rings (SSSR count). The van der Waals surface area contributed by atoms with E-state index in [1.165, 1.54) is 22.5 Å². The third-order valence-electron chi connectivity index (χ3n) is 6.94. The van der Waals surface area contributed by atoms with E-state index in [-0.39, 0.29) is 17.9 Å². The molecular formula is C33H30ClN5O2S. The van der Waals surface area contributed by atoms with Crippen molar-refractivity contribution in [3.63, 3.8) is 0 Å². The fourth-order valence-electron chi connectivity index (χ4n) is 4.77. The van der Waals surface area contributed by atoms with Crippen molar-refractivity contribution in [2.45, 2.75) is 12.3 Å². The minimum Gasteiger partial charge on any atom is -0.399 e. The van der Waals surface area contributed by atoms with E-state index in [1.807, 2.05) is 48.5 Å². The van der Waals surface area contributed by atoms with Crippen molar-refractivity contribution in [2.24, 2.45) is 0 Å². The SMILES string of the molecule is CNC(=O)c1ccc(N(CCC(c2ccccc2)c2ccccc2)C(=O)Nc2nc(-c3ccc(N)cc3)c(Cl)s2)cc1. The zero-order valence-electron chi connectivity index (χ0n) is 23.0. The van der Waals surface area contributed by atoms with Crippen LogP contribution in [0.3, 0.4) is 0 Å². The van der Waals surface area contributed by atoms with Gasteiger partial charge in [-0.3, -0.25) is 15.0 Å². The Morgan fingerprint density at radius 3 is 2.05 bits per heavy atom. The van der Waals surface area contributed by atoms with Crippen LogP contribution in [0.2, 0.25) is 4.34 Å². The van der Waals surface area contributed by atoms with Crippen LogP contribution in [-0.2, 0) is 0 Å². The molecule has 0 aliphatic rings. The second-order valence-electron chi connectivity index (χ2n) is 9.63. The van der Waals surface area contributed by atoms with E-state index in [4.69, 9.17) is 17.3 Å². The van der Waals surface area contributed by atoms with E-state index < -0.39 is 0 Å². The molecule has 4 N–H and O–H groups in total. The molecule has 42 heavy (non-hydrogen) atoms. The molecule has 0 atom stereocenters. The summed E-state index contributed by atoms with van der Waals surface area (Å²) in [6.07, 6.45) is 0.661. The summed E-state index contributed by atoms with van der Waals surface area (Å²) in [5, 5.41) is 5.95. The Morgan fingerprint density at radius 1 is 0.881 bits per heavy atom. The molecule has 1 aromatic heterocycles. The van der Waals surface area contributed by atoms with Gasteiger partial charge in [-0.05, 0) is 53.9 Å². The molecule has 1 heterocycles. The Bertz CT molecular complexity index is 1600. The fourth-order valence-corrected chi connectivity index (χ4v) is 5.85. The van der Waals surface area contributed by atoms with Gasteiger partial charge in [-0.15, -0.1) is 0 Å². The van der Waals surface area contributed by atoms with E-state index in [0.717, 1.165) is 5.56 Å². The summed E-state index contributed by atoms with van der Waals surface area (Å²) < 4.78 is 0.463. The Labute approximate surface area is 254 Å². The first-order valence-electron chi connectivity index (χ1n) is 13.5. The van der Waals surface area contributed by atoms with E-state index in [1.54, 1.807) is 48.3 Å². The normalized spacial score (nSPS) is 10.8. The fraction of sp³-hybridized carbons (Fsp3) is 0.121. The summed E-state index contributed by atoms with van der Waals surface area (Å²) >= 11 is 7.71. The van der Waals surface area contributed by atoms with Crippen molar-refractivity contribution in [3.05, 3.63) is 130 Å². The number of nitrogen functional groups attached to an aromatic ring is 1. The van der Waals surface area contributed by atoms with Crippen LogP contribution in [-0.4, -0.2) is 30.5 Å². The molecule has 7 nitrogen and oxygen atoms in total. The number of nitrogens with two attached hydrogens (primary N) is 1. The van der Waals surface area contributed by atoms with Gasteiger partial charge in [0.25, 0.3) is 5.91 Å². The molecule has 4 aromatic carbocycles. The first kappa shape index (κ1) is 28.9. The van der Waals surface area contributed by atoms with Crippen molar-refractivity contribution in [1.82, 2.24) is 10.3 Å². The lowest BCUT2D eigenvalue weighted by atomic mass is 9.88. The number of aromatic nitrogens is 1. The van der Waals surface area contributed by atoms with Crippen LogP contribution >= 0.6 is 22.9 Å². The number of carbonyl (C=O) groups is 2.